The van der Waals surface area contributed by atoms with E-state index in [-0.39, 0.29) is 48.3 Å². The van der Waals surface area contributed by atoms with Gasteiger partial charge in [-0.05, 0) is 38.8 Å². The van der Waals surface area contributed by atoms with E-state index in [0.29, 0.717) is 6.54 Å². The largest absolute Gasteiger partial charge is 0.489 e. The Bertz CT molecular complexity index is 769. The van der Waals surface area contributed by atoms with Crippen molar-refractivity contribution in [2.45, 2.75) is 32.7 Å². The number of benzene rings is 1. The van der Waals surface area contributed by atoms with Crippen molar-refractivity contribution in [2.75, 3.05) is 59.0 Å². The summed E-state index contributed by atoms with van der Waals surface area (Å²) in [7, 11) is 0. The molecule has 1 amide bonds. The predicted molar refractivity (Wildman–Crippen MR) is 132 cm³/mol. The van der Waals surface area contributed by atoms with Crippen molar-refractivity contribution in [3.63, 3.8) is 0 Å². The molecule has 1 aromatic carbocycles. The number of aliphatic imine (C=N–C) groups is 1. The molecule has 180 valence electrons. The summed E-state index contributed by atoms with van der Waals surface area (Å²) in [5.41, 5.74) is 0. The summed E-state index contributed by atoms with van der Waals surface area (Å²) in [5.74, 6) is -0.315. The zero-order valence-electron chi connectivity index (χ0n) is 18.9. The van der Waals surface area contributed by atoms with Gasteiger partial charge < -0.3 is 19.9 Å². The van der Waals surface area contributed by atoms with Gasteiger partial charge in [0.05, 0.1) is 12.6 Å². The van der Waals surface area contributed by atoms with Crippen LogP contribution in [0.4, 0.5) is 8.78 Å². The number of amides is 1. The number of nitrogens with one attached hydrogen (secondary N) is 1. The normalized spacial score (nSPS) is 18.3. The van der Waals surface area contributed by atoms with Crippen LogP contribution in [0.1, 0.15) is 26.7 Å². The molecule has 0 bridgehead atoms. The number of piperazine rings is 1. The van der Waals surface area contributed by atoms with Crippen LogP contribution in [0.15, 0.2) is 23.2 Å². The SMILES string of the molecule is CCNC(=NCCOc1ccc(F)cc1F)N1CCN(C(C)C(=O)N2CCCC2)CC1.I. The summed E-state index contributed by atoms with van der Waals surface area (Å²) >= 11 is 0. The van der Waals surface area contributed by atoms with Gasteiger partial charge in [-0.2, -0.15) is 0 Å². The van der Waals surface area contributed by atoms with E-state index in [9.17, 15) is 13.6 Å². The smallest absolute Gasteiger partial charge is 0.239 e. The molecular weight excluding hydrogens is 531 g/mol. The van der Waals surface area contributed by atoms with Gasteiger partial charge in [0.25, 0.3) is 0 Å². The van der Waals surface area contributed by atoms with E-state index in [1.54, 1.807) is 0 Å². The number of carbonyl (C=O) groups is 1. The van der Waals surface area contributed by atoms with Gasteiger partial charge in [0.1, 0.15) is 12.4 Å². The van der Waals surface area contributed by atoms with Crippen molar-refractivity contribution in [3.05, 3.63) is 29.8 Å². The van der Waals surface area contributed by atoms with E-state index in [1.807, 2.05) is 18.7 Å². The topological polar surface area (TPSA) is 60.4 Å². The molecule has 1 unspecified atom stereocenters. The maximum Gasteiger partial charge on any atom is 0.239 e. The monoisotopic (exact) mass is 565 g/mol. The fourth-order valence-electron chi connectivity index (χ4n) is 4.00. The van der Waals surface area contributed by atoms with Gasteiger partial charge in [-0.3, -0.25) is 9.69 Å². The van der Waals surface area contributed by atoms with Gasteiger partial charge >= 0.3 is 0 Å². The lowest BCUT2D eigenvalue weighted by molar-refractivity contribution is -0.135. The first-order valence-electron chi connectivity index (χ1n) is 11.1. The molecule has 2 saturated heterocycles. The lowest BCUT2D eigenvalue weighted by Gasteiger charge is -2.39. The molecule has 7 nitrogen and oxygen atoms in total. The second-order valence-corrected chi connectivity index (χ2v) is 7.89. The van der Waals surface area contributed by atoms with Crippen LogP contribution in [0.2, 0.25) is 0 Å². The standard InChI is InChI=1S/C22H33F2N5O2.HI/c1-3-25-22(26-8-15-31-20-7-6-18(23)16-19(20)24)29-13-11-27(12-14-29)17(2)21(30)28-9-4-5-10-28;/h6-7,16-17H,3-5,8-15H2,1-2H3,(H,25,26);1H. The molecular formula is C22H34F2IN5O2. The van der Waals surface area contributed by atoms with Crippen molar-refractivity contribution in [1.82, 2.24) is 20.0 Å². The third kappa shape index (κ3) is 7.16. The summed E-state index contributed by atoms with van der Waals surface area (Å²) in [5, 5.41) is 3.28. The Hall–Kier alpha value is -1.69. The second-order valence-electron chi connectivity index (χ2n) is 7.89. The average Bonchev–Trinajstić information content (AvgIpc) is 3.31. The summed E-state index contributed by atoms with van der Waals surface area (Å²) in [4.78, 5) is 23.6. The highest BCUT2D eigenvalue weighted by atomic mass is 127. The first kappa shape index (κ1) is 26.6. The molecule has 2 heterocycles. The summed E-state index contributed by atoms with van der Waals surface area (Å²) in [6.07, 6.45) is 2.21. The van der Waals surface area contributed by atoms with Crippen LogP contribution in [0.5, 0.6) is 5.75 Å². The number of halogens is 3. The van der Waals surface area contributed by atoms with Gasteiger partial charge in [-0.25, -0.2) is 13.8 Å². The average molecular weight is 565 g/mol. The second kappa shape index (κ2) is 13.1. The minimum Gasteiger partial charge on any atom is -0.489 e. The van der Waals surface area contributed by atoms with Crippen LogP contribution < -0.4 is 10.1 Å². The van der Waals surface area contributed by atoms with Crippen molar-refractivity contribution >= 4 is 35.8 Å². The molecule has 0 aromatic heterocycles. The first-order chi connectivity index (χ1) is 15.0. The summed E-state index contributed by atoms with van der Waals surface area (Å²) < 4.78 is 32.0. The molecule has 3 rings (SSSR count). The highest BCUT2D eigenvalue weighted by Gasteiger charge is 2.30. The molecule has 0 spiro atoms. The number of hydrogen-bond acceptors (Lipinski definition) is 4. The number of rotatable bonds is 7. The number of nitrogens with zero attached hydrogens (tertiary/aromatic N) is 4. The van der Waals surface area contributed by atoms with Gasteiger partial charge in [0.2, 0.25) is 5.91 Å². The Morgan fingerprint density at radius 1 is 1.12 bits per heavy atom. The summed E-state index contributed by atoms with van der Waals surface area (Å²) in [6, 6.07) is 3.15. The third-order valence-electron chi connectivity index (χ3n) is 5.78. The number of ether oxygens (including phenoxy) is 1. The highest BCUT2D eigenvalue weighted by Crippen LogP contribution is 2.17. The molecule has 1 atom stereocenters. The van der Waals surface area contributed by atoms with Crippen LogP contribution in [-0.4, -0.2) is 91.6 Å². The number of likely N-dealkylation sites (tertiary alicyclic amines) is 1. The number of carbonyl (C=O) groups excluding carboxylic acids is 1. The molecule has 1 N–H and O–H groups in total. The minimum absolute atomic E-state index is 0. The van der Waals surface area contributed by atoms with Gasteiger partial charge in [0.15, 0.2) is 17.5 Å². The van der Waals surface area contributed by atoms with Gasteiger partial charge in [-0.1, -0.05) is 0 Å². The van der Waals surface area contributed by atoms with Crippen molar-refractivity contribution < 1.29 is 18.3 Å². The molecule has 32 heavy (non-hydrogen) atoms. The van der Waals surface area contributed by atoms with E-state index in [1.165, 1.54) is 12.1 Å². The van der Waals surface area contributed by atoms with Crippen LogP contribution in [0.3, 0.4) is 0 Å². The Balaban J connectivity index is 0.00000363. The Morgan fingerprint density at radius 2 is 1.81 bits per heavy atom. The molecule has 10 heteroatoms. The maximum absolute atomic E-state index is 13.7. The van der Waals surface area contributed by atoms with E-state index in [2.05, 4.69) is 20.1 Å². The predicted octanol–water partition coefficient (Wildman–Crippen LogP) is 2.56. The fourth-order valence-corrected chi connectivity index (χ4v) is 4.00. The number of hydrogen-bond donors (Lipinski definition) is 1. The molecule has 2 aliphatic heterocycles. The van der Waals surface area contributed by atoms with Gasteiger partial charge in [0, 0.05) is 51.9 Å². The van der Waals surface area contributed by atoms with Crippen molar-refractivity contribution in [3.8, 4) is 5.75 Å². The van der Waals surface area contributed by atoms with Crippen LogP contribution >= 0.6 is 24.0 Å². The van der Waals surface area contributed by atoms with Crippen LogP contribution in [-0.2, 0) is 4.79 Å². The molecule has 0 saturated carbocycles. The molecule has 1 aromatic rings. The Kier molecular flexibility index (Phi) is 10.9. The summed E-state index contributed by atoms with van der Waals surface area (Å²) in [6.45, 7) is 10.2. The maximum atomic E-state index is 13.7. The molecule has 0 radical (unpaired) electrons. The van der Waals surface area contributed by atoms with E-state index in [0.717, 1.165) is 70.7 Å². The lowest BCUT2D eigenvalue weighted by atomic mass is 10.2. The lowest BCUT2D eigenvalue weighted by Crippen LogP contribution is -2.57. The van der Waals surface area contributed by atoms with Crippen LogP contribution in [0.25, 0.3) is 0 Å². The minimum atomic E-state index is -0.718. The third-order valence-corrected chi connectivity index (χ3v) is 5.78. The van der Waals surface area contributed by atoms with Crippen molar-refractivity contribution in [1.29, 1.82) is 0 Å². The Labute approximate surface area is 206 Å². The number of guanidine groups is 1. The quantitative estimate of drug-likeness (QED) is 0.239. The molecule has 0 aliphatic carbocycles. The molecule has 2 aliphatic rings. The molecule has 2 fully saturated rings. The first-order valence-corrected chi connectivity index (χ1v) is 11.1. The van der Waals surface area contributed by atoms with E-state index >= 15 is 0 Å². The Morgan fingerprint density at radius 3 is 2.44 bits per heavy atom. The van der Waals surface area contributed by atoms with E-state index < -0.39 is 11.6 Å². The highest BCUT2D eigenvalue weighted by molar-refractivity contribution is 14.0. The van der Waals surface area contributed by atoms with Crippen LogP contribution in [0, 0.1) is 11.6 Å². The zero-order valence-corrected chi connectivity index (χ0v) is 21.2. The van der Waals surface area contributed by atoms with E-state index in [4.69, 9.17) is 4.74 Å². The zero-order chi connectivity index (χ0) is 22.2. The fraction of sp³-hybridized carbons (Fsp3) is 0.636. The van der Waals surface area contributed by atoms with Gasteiger partial charge in [-0.15, -0.1) is 24.0 Å². The van der Waals surface area contributed by atoms with Crippen molar-refractivity contribution in [2.24, 2.45) is 4.99 Å².